The van der Waals surface area contributed by atoms with Crippen LogP contribution in [0.3, 0.4) is 0 Å². The summed E-state index contributed by atoms with van der Waals surface area (Å²) in [6.07, 6.45) is 1.25. The number of H-pyrrole nitrogens is 1. The van der Waals surface area contributed by atoms with Gasteiger partial charge in [0.05, 0.1) is 37.6 Å². The van der Waals surface area contributed by atoms with Crippen LogP contribution in [0, 0.1) is 5.92 Å². The van der Waals surface area contributed by atoms with E-state index in [9.17, 15) is 24.3 Å². The van der Waals surface area contributed by atoms with Gasteiger partial charge in [0.2, 0.25) is 17.7 Å². The number of carbonyl (C=O) groups is 4. The van der Waals surface area contributed by atoms with Crippen molar-refractivity contribution in [1.82, 2.24) is 25.5 Å². The number of aromatic nitrogens is 2. The van der Waals surface area contributed by atoms with Crippen LogP contribution >= 0.6 is 0 Å². The molecule has 0 unspecified atom stereocenters. The number of aliphatic hydroxyl groups excluding tert-OH is 1. The highest BCUT2D eigenvalue weighted by Crippen LogP contribution is 2.24. The maximum absolute atomic E-state index is 14.0. The average molecular weight is 608 g/mol. The maximum Gasteiger partial charge on any atom is 0.337 e. The first-order valence-electron chi connectivity index (χ1n) is 14.9. The normalized spacial score (nSPS) is 16.2. The van der Waals surface area contributed by atoms with Gasteiger partial charge in [0, 0.05) is 37.8 Å². The molecule has 0 spiro atoms. The Hall–Kier alpha value is -4.29. The molecule has 236 valence electrons. The molecule has 1 aliphatic rings. The Bertz CT molecular complexity index is 1420. The number of benzene rings is 2. The molecule has 1 fully saturated rings. The van der Waals surface area contributed by atoms with Crippen molar-refractivity contribution in [3.05, 3.63) is 66.2 Å². The van der Waals surface area contributed by atoms with Gasteiger partial charge < -0.3 is 35.1 Å². The quantitative estimate of drug-likeness (QED) is 0.213. The maximum atomic E-state index is 14.0. The summed E-state index contributed by atoms with van der Waals surface area (Å²) in [5.41, 5.74) is 1.50. The Balaban J connectivity index is 1.55. The molecule has 2 aromatic carbocycles. The Morgan fingerprint density at radius 3 is 2.43 bits per heavy atom. The van der Waals surface area contributed by atoms with Crippen molar-refractivity contribution in [3.63, 3.8) is 0 Å². The molecule has 44 heavy (non-hydrogen) atoms. The fourth-order valence-electron chi connectivity index (χ4n) is 5.17. The number of amides is 3. The van der Waals surface area contributed by atoms with Gasteiger partial charge in [-0.05, 0) is 43.5 Å². The van der Waals surface area contributed by atoms with Crippen LogP contribution in [0.2, 0.25) is 0 Å². The standard InChI is InChI=1S/C32H41N5O7/c1-20(2)44-32(42)29(39)21(3)35-31(41)27(17-25-18-33-19-34-25)36-30(40)24(16-28(38)37-11-13-43-14-12-37)15-23-9-6-8-22-7-4-5-10-26(22)23/h4-10,18-21,24,27,29,39H,11-17H2,1-3H3,(H,33,34)(H,35,41)(H,36,40)/t21-,24+,27-,29+/m0/s1. The predicted octanol–water partition coefficient (Wildman–Crippen LogP) is 1.52. The summed E-state index contributed by atoms with van der Waals surface area (Å²) in [5.74, 6) is -2.88. The summed E-state index contributed by atoms with van der Waals surface area (Å²) >= 11 is 0. The fourth-order valence-corrected chi connectivity index (χ4v) is 5.17. The van der Waals surface area contributed by atoms with Crippen LogP contribution in [0.25, 0.3) is 10.8 Å². The van der Waals surface area contributed by atoms with Crippen molar-refractivity contribution < 1.29 is 33.8 Å². The second kappa shape index (κ2) is 15.4. The number of hydrogen-bond donors (Lipinski definition) is 4. The third-order valence-corrected chi connectivity index (χ3v) is 7.55. The molecule has 1 aromatic heterocycles. The molecular formula is C32H41N5O7. The van der Waals surface area contributed by atoms with Gasteiger partial charge in [-0.1, -0.05) is 42.5 Å². The van der Waals surface area contributed by atoms with Gasteiger partial charge in [-0.15, -0.1) is 0 Å². The Morgan fingerprint density at radius 1 is 1.00 bits per heavy atom. The molecule has 0 radical (unpaired) electrons. The summed E-state index contributed by atoms with van der Waals surface area (Å²) < 4.78 is 10.4. The molecular weight excluding hydrogens is 566 g/mol. The minimum Gasteiger partial charge on any atom is -0.461 e. The molecule has 12 heteroatoms. The SMILES string of the molecule is CC(C)OC(=O)[C@H](O)[C@H](C)NC(=O)[C@H](Cc1cnc[nH]1)NC(=O)[C@@H](CC(=O)N1CCOCC1)Cc1cccc2ccccc12. The Labute approximate surface area is 256 Å². The highest BCUT2D eigenvalue weighted by atomic mass is 16.6. The third-order valence-electron chi connectivity index (χ3n) is 7.55. The minimum absolute atomic E-state index is 0.0520. The lowest BCUT2D eigenvalue weighted by Gasteiger charge is -2.29. The molecule has 2 heterocycles. The summed E-state index contributed by atoms with van der Waals surface area (Å²) in [6.45, 7) is 6.56. The highest BCUT2D eigenvalue weighted by molar-refractivity contribution is 5.92. The number of aromatic amines is 1. The number of nitrogens with zero attached hydrogens (tertiary/aromatic N) is 2. The molecule has 0 bridgehead atoms. The minimum atomic E-state index is -1.60. The van der Waals surface area contributed by atoms with Gasteiger partial charge in [-0.25, -0.2) is 9.78 Å². The van der Waals surface area contributed by atoms with Crippen molar-refractivity contribution in [2.24, 2.45) is 5.92 Å². The molecule has 4 rings (SSSR count). The lowest BCUT2D eigenvalue weighted by molar-refractivity contribution is -0.159. The number of hydrogen-bond acceptors (Lipinski definition) is 8. The number of esters is 1. The highest BCUT2D eigenvalue weighted by Gasteiger charge is 2.33. The van der Waals surface area contributed by atoms with Gasteiger partial charge in [0.25, 0.3) is 0 Å². The van der Waals surface area contributed by atoms with E-state index in [1.807, 2.05) is 42.5 Å². The molecule has 0 aliphatic carbocycles. The number of imidazole rings is 1. The third kappa shape index (κ3) is 8.87. The van der Waals surface area contributed by atoms with Crippen LogP contribution < -0.4 is 10.6 Å². The average Bonchev–Trinajstić information content (AvgIpc) is 3.53. The van der Waals surface area contributed by atoms with Crippen LogP contribution in [-0.4, -0.2) is 94.3 Å². The zero-order valence-electron chi connectivity index (χ0n) is 25.3. The zero-order valence-corrected chi connectivity index (χ0v) is 25.3. The molecule has 0 saturated carbocycles. The van der Waals surface area contributed by atoms with E-state index in [1.165, 1.54) is 13.3 Å². The van der Waals surface area contributed by atoms with Crippen molar-refractivity contribution >= 4 is 34.5 Å². The van der Waals surface area contributed by atoms with E-state index in [2.05, 4.69) is 20.6 Å². The van der Waals surface area contributed by atoms with E-state index in [4.69, 9.17) is 9.47 Å². The van der Waals surface area contributed by atoms with E-state index < -0.39 is 48.0 Å². The Morgan fingerprint density at radius 2 is 1.73 bits per heavy atom. The number of aliphatic hydroxyl groups is 1. The second-order valence-corrected chi connectivity index (χ2v) is 11.3. The first kappa shape index (κ1) is 32.6. The van der Waals surface area contributed by atoms with Gasteiger partial charge in [0.15, 0.2) is 6.10 Å². The van der Waals surface area contributed by atoms with Crippen LogP contribution in [0.15, 0.2) is 55.0 Å². The summed E-state index contributed by atoms with van der Waals surface area (Å²) in [7, 11) is 0. The number of nitrogens with one attached hydrogen (secondary N) is 3. The number of morpholine rings is 1. The molecule has 1 saturated heterocycles. The van der Waals surface area contributed by atoms with Crippen molar-refractivity contribution in [2.75, 3.05) is 26.3 Å². The van der Waals surface area contributed by atoms with E-state index in [0.29, 0.717) is 32.0 Å². The topological polar surface area (TPSA) is 163 Å². The predicted molar refractivity (Wildman–Crippen MR) is 162 cm³/mol. The van der Waals surface area contributed by atoms with Gasteiger partial charge in [-0.3, -0.25) is 14.4 Å². The lowest BCUT2D eigenvalue weighted by Crippen LogP contribution is -2.55. The Kier molecular flexibility index (Phi) is 11.4. The molecule has 4 N–H and O–H groups in total. The summed E-state index contributed by atoms with van der Waals surface area (Å²) in [5, 5.41) is 17.9. The van der Waals surface area contributed by atoms with Crippen molar-refractivity contribution in [1.29, 1.82) is 0 Å². The van der Waals surface area contributed by atoms with Crippen LogP contribution in [0.1, 0.15) is 38.4 Å². The van der Waals surface area contributed by atoms with E-state index in [0.717, 1.165) is 16.3 Å². The smallest absolute Gasteiger partial charge is 0.337 e. The number of ether oxygens (including phenoxy) is 2. The molecule has 12 nitrogen and oxygen atoms in total. The fraction of sp³-hybridized carbons (Fsp3) is 0.469. The first-order valence-corrected chi connectivity index (χ1v) is 14.9. The van der Waals surface area contributed by atoms with E-state index in [-0.39, 0.29) is 25.2 Å². The van der Waals surface area contributed by atoms with Gasteiger partial charge in [-0.2, -0.15) is 0 Å². The lowest BCUT2D eigenvalue weighted by atomic mass is 9.91. The second-order valence-electron chi connectivity index (χ2n) is 11.3. The molecule has 3 amide bonds. The van der Waals surface area contributed by atoms with E-state index in [1.54, 1.807) is 24.9 Å². The summed E-state index contributed by atoms with van der Waals surface area (Å²) in [6, 6.07) is 11.6. The first-order chi connectivity index (χ1) is 21.1. The zero-order chi connectivity index (χ0) is 31.6. The van der Waals surface area contributed by atoms with Crippen LogP contribution in [0.4, 0.5) is 0 Å². The van der Waals surface area contributed by atoms with E-state index >= 15 is 0 Å². The number of carbonyl (C=O) groups excluding carboxylic acids is 4. The summed E-state index contributed by atoms with van der Waals surface area (Å²) in [4.78, 5) is 61.6. The number of rotatable bonds is 13. The molecule has 4 atom stereocenters. The van der Waals surface area contributed by atoms with Gasteiger partial charge in [0.1, 0.15) is 6.04 Å². The number of fused-ring (bicyclic) bond motifs is 1. The molecule has 3 aromatic rings. The van der Waals surface area contributed by atoms with Crippen molar-refractivity contribution in [3.8, 4) is 0 Å². The van der Waals surface area contributed by atoms with Gasteiger partial charge >= 0.3 is 5.97 Å². The van der Waals surface area contributed by atoms with Crippen molar-refractivity contribution in [2.45, 2.75) is 64.3 Å². The monoisotopic (exact) mass is 607 g/mol. The largest absolute Gasteiger partial charge is 0.461 e. The van der Waals surface area contributed by atoms with Crippen LogP contribution in [-0.2, 0) is 41.5 Å². The molecule has 1 aliphatic heterocycles. The van der Waals surface area contributed by atoms with Crippen LogP contribution in [0.5, 0.6) is 0 Å².